The first-order valence-corrected chi connectivity index (χ1v) is 17.0. The number of hydrogen-bond donors (Lipinski definition) is 0. The van der Waals surface area contributed by atoms with Gasteiger partial charge in [-0.15, -0.1) is 0 Å². The minimum atomic E-state index is -0.398. The molecule has 1 aliphatic carbocycles. The van der Waals surface area contributed by atoms with Gasteiger partial charge in [0.15, 0.2) is 0 Å². The molecule has 4 nitrogen and oxygen atoms in total. The van der Waals surface area contributed by atoms with Crippen molar-refractivity contribution in [3.8, 4) is 16.9 Å². The first kappa shape index (κ1) is 27.9. The SMILES string of the molecule is CN1CN(c2cccc(CC3(c4ccc5c6ccccc6n(-c6ccccn6)c5c4)c4ccccc4-c4ccccc43)c2)c2ccccc21. The van der Waals surface area contributed by atoms with Gasteiger partial charge in [-0.25, -0.2) is 4.98 Å². The molecule has 2 aromatic heterocycles. The molecule has 0 spiro atoms. The molecule has 3 heterocycles. The number of anilines is 3. The zero-order valence-corrected chi connectivity index (χ0v) is 27.3. The van der Waals surface area contributed by atoms with E-state index in [9.17, 15) is 0 Å². The van der Waals surface area contributed by atoms with Crippen molar-refractivity contribution < 1.29 is 0 Å². The lowest BCUT2D eigenvalue weighted by atomic mass is 9.68. The summed E-state index contributed by atoms with van der Waals surface area (Å²) in [6.45, 7) is 0.828. The van der Waals surface area contributed by atoms with Crippen LogP contribution in [0.4, 0.5) is 17.1 Å². The second-order valence-electron chi connectivity index (χ2n) is 13.4. The highest BCUT2D eigenvalue weighted by atomic mass is 15.4. The van der Waals surface area contributed by atoms with Gasteiger partial charge in [0.1, 0.15) is 5.82 Å². The molecule has 0 atom stereocenters. The molecule has 1 aliphatic heterocycles. The van der Waals surface area contributed by atoms with E-state index in [1.165, 1.54) is 66.7 Å². The van der Waals surface area contributed by atoms with Crippen molar-refractivity contribution in [3.05, 3.63) is 186 Å². The summed E-state index contributed by atoms with van der Waals surface area (Å²) in [4.78, 5) is 9.58. The second-order valence-corrected chi connectivity index (χ2v) is 13.4. The predicted molar refractivity (Wildman–Crippen MR) is 202 cm³/mol. The molecular weight excluding hydrogens is 597 g/mol. The van der Waals surface area contributed by atoms with Crippen LogP contribution < -0.4 is 9.80 Å². The zero-order valence-electron chi connectivity index (χ0n) is 27.3. The molecule has 0 unspecified atom stereocenters. The van der Waals surface area contributed by atoms with Gasteiger partial charge in [0, 0.05) is 29.7 Å². The van der Waals surface area contributed by atoms with E-state index in [-0.39, 0.29) is 0 Å². The molecule has 6 aromatic carbocycles. The van der Waals surface area contributed by atoms with Gasteiger partial charge in [0.2, 0.25) is 0 Å². The molecule has 49 heavy (non-hydrogen) atoms. The maximum absolute atomic E-state index is 4.83. The molecule has 8 aromatic rings. The maximum Gasteiger partial charge on any atom is 0.137 e. The van der Waals surface area contributed by atoms with Crippen LogP contribution in [0.3, 0.4) is 0 Å². The van der Waals surface area contributed by atoms with E-state index in [1.54, 1.807) is 0 Å². The Morgan fingerprint density at radius 2 is 1.29 bits per heavy atom. The van der Waals surface area contributed by atoms with Crippen LogP contribution in [0.25, 0.3) is 38.8 Å². The number of aromatic nitrogens is 2. The molecule has 0 saturated heterocycles. The minimum Gasteiger partial charge on any atom is -0.355 e. The fourth-order valence-corrected chi connectivity index (χ4v) is 8.64. The Hall–Kier alpha value is -6.13. The van der Waals surface area contributed by atoms with Crippen LogP contribution in [0.2, 0.25) is 0 Å². The number of rotatable bonds is 5. The van der Waals surface area contributed by atoms with Crippen LogP contribution >= 0.6 is 0 Å². The van der Waals surface area contributed by atoms with Gasteiger partial charge in [-0.05, 0) is 88.3 Å². The lowest BCUT2D eigenvalue weighted by Gasteiger charge is -2.34. The van der Waals surface area contributed by atoms with Crippen LogP contribution in [0.15, 0.2) is 164 Å². The molecule has 0 radical (unpaired) electrons. The van der Waals surface area contributed by atoms with Crippen molar-refractivity contribution in [1.82, 2.24) is 9.55 Å². The minimum absolute atomic E-state index is 0.398. The van der Waals surface area contributed by atoms with Gasteiger partial charge >= 0.3 is 0 Å². The smallest absolute Gasteiger partial charge is 0.137 e. The number of nitrogens with zero attached hydrogens (tertiary/aromatic N) is 4. The van der Waals surface area contributed by atoms with Crippen molar-refractivity contribution in [2.45, 2.75) is 11.8 Å². The molecule has 2 aliphatic rings. The van der Waals surface area contributed by atoms with Crippen molar-refractivity contribution in [1.29, 1.82) is 0 Å². The molecule has 0 fully saturated rings. The topological polar surface area (TPSA) is 24.3 Å². The van der Waals surface area contributed by atoms with Gasteiger partial charge in [0.25, 0.3) is 0 Å². The van der Waals surface area contributed by atoms with Crippen LogP contribution in [-0.2, 0) is 11.8 Å². The Morgan fingerprint density at radius 1 is 0.592 bits per heavy atom. The molecule has 10 rings (SSSR count). The Labute approximate surface area is 286 Å². The van der Waals surface area contributed by atoms with Crippen LogP contribution in [0.1, 0.15) is 22.3 Å². The van der Waals surface area contributed by atoms with Gasteiger partial charge in [-0.3, -0.25) is 4.57 Å². The monoisotopic (exact) mass is 630 g/mol. The maximum atomic E-state index is 4.83. The Balaban J connectivity index is 1.21. The largest absolute Gasteiger partial charge is 0.355 e. The summed E-state index contributed by atoms with van der Waals surface area (Å²) in [6, 6.07) is 58.0. The molecule has 0 saturated carbocycles. The number of fused-ring (bicyclic) bond motifs is 7. The second kappa shape index (κ2) is 10.7. The average molecular weight is 631 g/mol. The number of pyridine rings is 1. The first-order chi connectivity index (χ1) is 24.2. The summed E-state index contributed by atoms with van der Waals surface area (Å²) in [7, 11) is 2.17. The van der Waals surface area contributed by atoms with Crippen LogP contribution in [-0.4, -0.2) is 23.3 Å². The van der Waals surface area contributed by atoms with Crippen LogP contribution in [0, 0.1) is 0 Å². The van der Waals surface area contributed by atoms with Crippen molar-refractivity contribution in [2.75, 3.05) is 23.5 Å². The number of hydrogen-bond acceptors (Lipinski definition) is 3. The van der Waals surface area contributed by atoms with Gasteiger partial charge in [0.05, 0.1) is 34.5 Å². The summed E-state index contributed by atoms with van der Waals surface area (Å²) < 4.78 is 2.33. The molecular formula is C45H34N4. The highest BCUT2D eigenvalue weighted by molar-refractivity contribution is 6.09. The highest BCUT2D eigenvalue weighted by Crippen LogP contribution is 2.55. The van der Waals surface area contributed by atoms with Crippen molar-refractivity contribution >= 4 is 38.9 Å². The summed E-state index contributed by atoms with van der Waals surface area (Å²) >= 11 is 0. The molecule has 0 N–H and O–H groups in total. The molecule has 0 amide bonds. The standard InChI is InChI=1S/C45H34N4/c1-47-30-48(42-22-9-8-21-41(42)47)33-14-12-13-31(27-33)29-45(38-18-5-2-15-34(38)35-16-3-6-19-39(35)45)32-24-25-37-36-17-4-7-20-40(36)49(43(37)28-32)44-23-10-11-26-46-44/h2-28H,29-30H2,1H3. The summed E-state index contributed by atoms with van der Waals surface area (Å²) in [5.74, 6) is 0.927. The quantitative estimate of drug-likeness (QED) is 0.189. The van der Waals surface area contributed by atoms with Crippen LogP contribution in [0.5, 0.6) is 0 Å². The lowest BCUT2D eigenvalue weighted by molar-refractivity contribution is 0.630. The Bertz CT molecular complexity index is 2500. The van der Waals surface area contributed by atoms with E-state index in [0.29, 0.717) is 0 Å². The van der Waals surface area contributed by atoms with E-state index in [0.717, 1.165) is 24.4 Å². The fourth-order valence-electron chi connectivity index (χ4n) is 8.64. The van der Waals surface area contributed by atoms with E-state index in [1.807, 2.05) is 12.3 Å². The third-order valence-electron chi connectivity index (χ3n) is 10.7. The predicted octanol–water partition coefficient (Wildman–Crippen LogP) is 10.3. The zero-order chi connectivity index (χ0) is 32.5. The normalized spacial score (nSPS) is 14.3. The van der Waals surface area contributed by atoms with Gasteiger partial charge in [-0.1, -0.05) is 109 Å². The van der Waals surface area contributed by atoms with E-state index in [4.69, 9.17) is 4.98 Å². The fraction of sp³-hybridized carbons (Fsp3) is 0.0889. The van der Waals surface area contributed by atoms with E-state index >= 15 is 0 Å². The van der Waals surface area contributed by atoms with E-state index in [2.05, 4.69) is 173 Å². The number of para-hydroxylation sites is 3. The third-order valence-corrected chi connectivity index (χ3v) is 10.7. The van der Waals surface area contributed by atoms with Gasteiger partial charge in [-0.2, -0.15) is 0 Å². The molecule has 4 heteroatoms. The molecule has 0 bridgehead atoms. The van der Waals surface area contributed by atoms with Gasteiger partial charge < -0.3 is 9.80 Å². The summed E-state index contributed by atoms with van der Waals surface area (Å²) in [5.41, 5.74) is 13.6. The average Bonchev–Trinajstić information content (AvgIpc) is 3.78. The molecule has 234 valence electrons. The number of benzene rings is 6. The summed E-state index contributed by atoms with van der Waals surface area (Å²) in [6.07, 6.45) is 2.71. The highest BCUT2D eigenvalue weighted by Gasteiger charge is 2.45. The Morgan fingerprint density at radius 3 is 2.08 bits per heavy atom. The lowest BCUT2D eigenvalue weighted by Crippen LogP contribution is -2.30. The summed E-state index contributed by atoms with van der Waals surface area (Å²) in [5, 5.41) is 2.47. The first-order valence-electron chi connectivity index (χ1n) is 17.0. The van der Waals surface area contributed by atoms with E-state index < -0.39 is 5.41 Å². The third kappa shape index (κ3) is 4.07. The van der Waals surface area contributed by atoms with Crippen molar-refractivity contribution in [2.24, 2.45) is 0 Å². The van der Waals surface area contributed by atoms with Crippen molar-refractivity contribution in [3.63, 3.8) is 0 Å². The Kier molecular flexibility index (Phi) is 6.10.